The number of aliphatic hydroxyl groups is 2. The van der Waals surface area contributed by atoms with E-state index in [1.807, 2.05) is 0 Å². The van der Waals surface area contributed by atoms with Gasteiger partial charge in [0, 0.05) is 19.3 Å². The Morgan fingerprint density at radius 3 is 0.659 bits per heavy atom. The molecule has 0 aliphatic rings. The minimum Gasteiger partial charge on any atom is -0.463 e. The van der Waals surface area contributed by atoms with Crippen LogP contribution in [0, 0.1) is 0 Å². The van der Waals surface area contributed by atoms with Crippen molar-refractivity contribution in [2.75, 3.05) is 39.6 Å². The number of esters is 3. The fraction of sp³-hybridized carbons (Fsp3) is 0.667. The highest BCUT2D eigenvalue weighted by Crippen LogP contribution is 2.45. The summed E-state index contributed by atoms with van der Waals surface area (Å²) in [7, 11) is -9.83. The molecule has 0 saturated heterocycles. The van der Waals surface area contributed by atoms with E-state index in [0.717, 1.165) is 154 Å². The lowest BCUT2D eigenvalue weighted by Gasteiger charge is -2.21. The smallest absolute Gasteiger partial charge is 0.463 e. The first-order valence-electron chi connectivity index (χ1n) is 48.7. The monoisotopic (exact) mass is 1760 g/mol. The van der Waals surface area contributed by atoms with Crippen molar-refractivity contribution in [3.63, 3.8) is 0 Å². The van der Waals surface area contributed by atoms with Crippen LogP contribution in [0.25, 0.3) is 0 Å². The van der Waals surface area contributed by atoms with E-state index >= 15 is 0 Å². The summed E-state index contributed by atoms with van der Waals surface area (Å²) in [5.41, 5.74) is 0. The van der Waals surface area contributed by atoms with E-state index in [4.69, 9.17) is 32.3 Å². The van der Waals surface area contributed by atoms with Crippen LogP contribution in [0.4, 0.5) is 0 Å². The summed E-state index contributed by atoms with van der Waals surface area (Å²) in [6, 6.07) is 0. The average molecular weight is 1760 g/mol. The van der Waals surface area contributed by atoms with Crippen molar-refractivity contribution in [1.82, 2.24) is 0 Å². The number of rotatable bonds is 91. The Morgan fingerprint density at radius 2 is 0.407 bits per heavy atom. The van der Waals surface area contributed by atoms with Gasteiger partial charge in [0.2, 0.25) is 0 Å². The summed E-state index contributed by atoms with van der Waals surface area (Å²) in [5.74, 6) is -1.62. The molecular weight excluding hydrogens is 1580 g/mol. The van der Waals surface area contributed by atoms with E-state index in [1.165, 1.54) is 173 Å². The molecule has 4 N–H and O–H groups in total. The molecule has 0 saturated carbocycles. The van der Waals surface area contributed by atoms with Crippen LogP contribution in [-0.2, 0) is 55.8 Å². The molecule has 0 spiro atoms. The highest BCUT2D eigenvalue weighted by atomic mass is 31.2. The van der Waals surface area contributed by atoms with Crippen molar-refractivity contribution in [2.24, 2.45) is 0 Å². The third kappa shape index (κ3) is 96.9. The van der Waals surface area contributed by atoms with Gasteiger partial charge in [-0.3, -0.25) is 32.5 Å². The van der Waals surface area contributed by atoms with Crippen LogP contribution < -0.4 is 0 Å². The van der Waals surface area contributed by atoms with Crippen molar-refractivity contribution in [2.45, 2.75) is 411 Å². The molecule has 0 aromatic heterocycles. The number of aliphatic hydroxyl groups excluding tert-OH is 2. The van der Waals surface area contributed by atoms with Gasteiger partial charge in [0.05, 0.1) is 26.4 Å². The van der Waals surface area contributed by atoms with Gasteiger partial charge in [0.25, 0.3) is 0 Å². The van der Waals surface area contributed by atoms with Crippen LogP contribution >= 0.6 is 15.6 Å². The number of ether oxygens (including phenoxy) is 3. The summed E-state index contributed by atoms with van der Waals surface area (Å²) in [6.45, 7) is 2.33. The number of hydrogen-bond acceptors (Lipinski definition) is 14. The van der Waals surface area contributed by atoms with E-state index in [0.29, 0.717) is 25.7 Å². The Labute approximate surface area is 750 Å². The van der Waals surface area contributed by atoms with Gasteiger partial charge >= 0.3 is 33.6 Å². The van der Waals surface area contributed by atoms with Crippen molar-refractivity contribution in [3.05, 3.63) is 194 Å². The molecule has 0 aliphatic carbocycles. The number of carbonyl (C=O) groups excluding carboxylic acids is 3. The predicted molar refractivity (Wildman–Crippen MR) is 518 cm³/mol. The lowest BCUT2D eigenvalue weighted by atomic mass is 10.0. The molecule has 123 heavy (non-hydrogen) atoms. The zero-order valence-corrected chi connectivity index (χ0v) is 79.3. The number of allylic oxidation sites excluding steroid dienone is 32. The zero-order valence-electron chi connectivity index (χ0n) is 77.5. The molecule has 0 heterocycles. The third-order valence-electron chi connectivity index (χ3n) is 20.3. The van der Waals surface area contributed by atoms with Gasteiger partial charge in [-0.25, -0.2) is 9.13 Å². The summed E-state index contributed by atoms with van der Waals surface area (Å²) in [6.07, 6.45) is 128. The Bertz CT molecular complexity index is 3020. The molecule has 0 fully saturated rings. The van der Waals surface area contributed by atoms with Gasteiger partial charge < -0.3 is 34.2 Å². The SMILES string of the molecule is CC/C=C\C/C=C\C/C=C\C/C=C\C/C=C\C/C=C\CCCCC(=O)OC(COC(=O)CCCCCCCCCCCCCCCCC/C=C\C/C=C\C/C=C\C/C=C\C/C=C\CC)COP(=O)(O)OCC(O)COP(=O)(O)OCC(O)COC(=O)CCCCCCCCCCCCCCCCCCCCC/C=C\C/C=C\C/C=C\C/C=C\C/C=C\CC. The second-order valence-corrected chi connectivity index (χ2v) is 35.0. The first-order chi connectivity index (χ1) is 60.2. The van der Waals surface area contributed by atoms with Crippen molar-refractivity contribution >= 4 is 33.6 Å². The average Bonchev–Trinajstić information content (AvgIpc) is 0.898. The highest BCUT2D eigenvalue weighted by Gasteiger charge is 2.30. The maximum atomic E-state index is 13.1. The van der Waals surface area contributed by atoms with E-state index < -0.39 is 91.5 Å². The third-order valence-corrected chi connectivity index (χ3v) is 22.2. The zero-order chi connectivity index (χ0) is 89.3. The second-order valence-electron chi connectivity index (χ2n) is 32.1. The normalized spacial score (nSPS) is 14.6. The molecule has 0 radical (unpaired) electrons. The minimum absolute atomic E-state index is 0.0449. The summed E-state index contributed by atoms with van der Waals surface area (Å²) >= 11 is 0. The van der Waals surface area contributed by atoms with Crippen LogP contribution in [0.1, 0.15) is 393 Å². The van der Waals surface area contributed by atoms with E-state index in [-0.39, 0.29) is 19.3 Å². The van der Waals surface area contributed by atoms with Crippen LogP contribution in [0.2, 0.25) is 0 Å². The molecule has 5 unspecified atom stereocenters. The highest BCUT2D eigenvalue weighted by molar-refractivity contribution is 7.47. The fourth-order valence-corrected chi connectivity index (χ4v) is 14.6. The lowest BCUT2D eigenvalue weighted by molar-refractivity contribution is -0.161. The van der Waals surface area contributed by atoms with Gasteiger partial charge in [-0.2, -0.15) is 0 Å². The van der Waals surface area contributed by atoms with Crippen LogP contribution in [0.3, 0.4) is 0 Å². The molecule has 5 atom stereocenters. The van der Waals surface area contributed by atoms with Gasteiger partial charge in [-0.15, -0.1) is 0 Å². The van der Waals surface area contributed by atoms with E-state index in [9.17, 15) is 43.5 Å². The Balaban J connectivity index is 4.55. The molecule has 702 valence electrons. The number of phosphoric ester groups is 2. The Hall–Kier alpha value is -5.61. The van der Waals surface area contributed by atoms with Crippen LogP contribution in [0.15, 0.2) is 194 Å². The van der Waals surface area contributed by atoms with Crippen molar-refractivity contribution in [3.8, 4) is 0 Å². The predicted octanol–water partition coefficient (Wildman–Crippen LogP) is 30.6. The summed E-state index contributed by atoms with van der Waals surface area (Å²) < 4.78 is 61.5. The summed E-state index contributed by atoms with van der Waals surface area (Å²) in [5, 5.41) is 20.8. The summed E-state index contributed by atoms with van der Waals surface area (Å²) in [4.78, 5) is 59.1. The van der Waals surface area contributed by atoms with Crippen molar-refractivity contribution in [1.29, 1.82) is 0 Å². The van der Waals surface area contributed by atoms with Gasteiger partial charge in [-0.05, 0) is 161 Å². The molecule has 16 nitrogen and oxygen atoms in total. The standard InChI is InChI=1S/C105H176O16P2/c1-4-7-10-13-16-19-22-25-28-31-34-37-39-41-43-45-47-48-49-50-52-54-55-57-59-62-64-67-70-73-76-79-82-85-88-91-103(108)115-94-100(106)95-117-122(111,112)118-96-101(107)97-119-123(113,114)120-99-102(121-105(110)93-90-87-84-81-78-75-72-69-66-61-36-33-30-27-24-21-18-15-12-9-6-3)98-116-104(109)92-89-86-83-80-77-74-71-68-65-63-60-58-56-53-51-46-44-42-40-38-35-32-29-26-23-20-17-14-11-8-5-2/h7-12,16-21,25-30,34-38,41-44,61,69,72,78,81,100-102,106-107H,4-6,13-15,22-24,31-33,39-40,45-60,62-68,70-71,73-77,79-80,82-99H2,1-3H3,(H,111,112)(H,113,114)/b10-7-,11-8-,12-9-,19-16-,20-17-,21-18-,28-25-,29-26-,30-27-,37-34-,38-35-,43-41-,44-42-,61-36-,72-69-,81-78-. The van der Waals surface area contributed by atoms with Crippen LogP contribution in [-0.4, -0.2) is 95.9 Å². The second kappa shape index (κ2) is 95.5. The van der Waals surface area contributed by atoms with E-state index in [2.05, 4.69) is 215 Å². The van der Waals surface area contributed by atoms with Crippen molar-refractivity contribution < 1.29 is 75.8 Å². The topological polar surface area (TPSA) is 231 Å². The van der Waals surface area contributed by atoms with E-state index in [1.54, 1.807) is 0 Å². The first-order valence-corrected chi connectivity index (χ1v) is 51.7. The molecule has 0 bridgehead atoms. The van der Waals surface area contributed by atoms with Gasteiger partial charge in [-0.1, -0.05) is 408 Å². The Morgan fingerprint density at radius 1 is 0.228 bits per heavy atom. The van der Waals surface area contributed by atoms with Crippen LogP contribution in [0.5, 0.6) is 0 Å². The lowest BCUT2D eigenvalue weighted by Crippen LogP contribution is -2.30. The Kier molecular flexibility index (Phi) is 91.1. The number of unbranched alkanes of at least 4 members (excludes halogenated alkanes) is 36. The molecule has 0 aliphatic heterocycles. The molecule has 18 heteroatoms. The first kappa shape index (κ1) is 117. The minimum atomic E-state index is -4.96. The molecular formula is C105H176O16P2. The number of phosphoric acid groups is 2. The maximum absolute atomic E-state index is 13.1. The molecule has 0 rings (SSSR count). The largest absolute Gasteiger partial charge is 0.472 e. The fourth-order valence-electron chi connectivity index (χ4n) is 13.0. The van der Waals surface area contributed by atoms with Gasteiger partial charge in [0.15, 0.2) is 6.10 Å². The molecule has 0 aromatic carbocycles. The number of hydrogen-bond donors (Lipinski definition) is 4. The molecule has 0 amide bonds. The number of carbonyl (C=O) groups is 3. The molecule has 0 aromatic rings. The van der Waals surface area contributed by atoms with Gasteiger partial charge in [0.1, 0.15) is 25.4 Å². The quantitative estimate of drug-likeness (QED) is 0.0146. The maximum Gasteiger partial charge on any atom is 0.472 e.